The average molecular weight is 448 g/mol. The number of nitrogens with zero attached hydrogens (tertiary/aromatic N) is 2. The summed E-state index contributed by atoms with van der Waals surface area (Å²) in [5, 5.41) is 25.4. The van der Waals surface area contributed by atoms with Gasteiger partial charge in [0.05, 0.1) is 11.8 Å². The Balaban J connectivity index is 1.95. The summed E-state index contributed by atoms with van der Waals surface area (Å²) in [6.07, 6.45) is 1.43. The topological polar surface area (TPSA) is 104 Å². The molecule has 2 aromatic carbocycles. The van der Waals surface area contributed by atoms with Gasteiger partial charge in [-0.3, -0.25) is 9.59 Å². The van der Waals surface area contributed by atoms with Crippen molar-refractivity contribution in [3.63, 3.8) is 0 Å². The molecule has 0 bridgehead atoms. The number of hydrogen-bond donors (Lipinski definition) is 3. The largest absolute Gasteiger partial charge is 0.411 e. The molecule has 7 heteroatoms. The van der Waals surface area contributed by atoms with E-state index < -0.39 is 6.10 Å². The van der Waals surface area contributed by atoms with Crippen molar-refractivity contribution in [2.24, 2.45) is 12.2 Å². The normalized spacial score (nSPS) is 13.4. The number of carbonyl (C=O) groups is 1. The second-order valence-electron chi connectivity index (χ2n) is 8.21. The fourth-order valence-electron chi connectivity index (χ4n) is 3.77. The summed E-state index contributed by atoms with van der Waals surface area (Å²) in [7, 11) is 1.65. The Morgan fingerprint density at radius 3 is 2.33 bits per heavy atom. The van der Waals surface area contributed by atoms with Crippen molar-refractivity contribution in [2.75, 3.05) is 6.54 Å². The summed E-state index contributed by atoms with van der Waals surface area (Å²) in [4.78, 5) is 24.1. The summed E-state index contributed by atoms with van der Waals surface area (Å²) in [6.45, 7) is 3.82. The average Bonchev–Trinajstić information content (AvgIpc) is 2.81. The number of benzene rings is 2. The smallest absolute Gasteiger partial charge is 0.251 e. The monoisotopic (exact) mass is 447 g/mol. The molecule has 0 radical (unpaired) electrons. The number of carbonyl (C=O) groups excluding carboxylic acids is 1. The van der Waals surface area contributed by atoms with Gasteiger partial charge >= 0.3 is 0 Å². The number of amides is 1. The zero-order chi connectivity index (χ0) is 24.0. The molecule has 1 amide bonds. The molecule has 3 N–H and O–H groups in total. The molecule has 0 aliphatic carbocycles. The maximum absolute atomic E-state index is 12.3. The van der Waals surface area contributed by atoms with Crippen LogP contribution in [0, 0.1) is 6.92 Å². The predicted octanol–water partition coefficient (Wildman–Crippen LogP) is 3.20. The third-order valence-corrected chi connectivity index (χ3v) is 5.63. The molecule has 0 spiro atoms. The number of aryl methyl sites for hydroxylation is 2. The van der Waals surface area contributed by atoms with Crippen LogP contribution in [0.15, 0.2) is 76.8 Å². The first-order valence-electron chi connectivity index (χ1n) is 10.8. The van der Waals surface area contributed by atoms with Crippen LogP contribution in [0.3, 0.4) is 0 Å². The van der Waals surface area contributed by atoms with Crippen molar-refractivity contribution in [3.05, 3.63) is 105 Å². The van der Waals surface area contributed by atoms with Crippen molar-refractivity contribution in [3.8, 4) is 0 Å². The molecule has 0 aliphatic heterocycles. The van der Waals surface area contributed by atoms with E-state index in [1.54, 1.807) is 38.4 Å². The molecule has 0 saturated carbocycles. The van der Waals surface area contributed by atoms with E-state index in [0.717, 1.165) is 16.7 Å². The number of aromatic nitrogens is 1. The zero-order valence-corrected chi connectivity index (χ0v) is 19.0. The highest BCUT2D eigenvalue weighted by Crippen LogP contribution is 2.32. The maximum Gasteiger partial charge on any atom is 0.251 e. The molecule has 1 heterocycles. The van der Waals surface area contributed by atoms with Gasteiger partial charge in [0.1, 0.15) is 0 Å². The number of aliphatic hydroxyl groups excluding tert-OH is 1. The molecular formula is C26H29N3O4. The molecule has 3 rings (SSSR count). The Morgan fingerprint density at radius 2 is 1.73 bits per heavy atom. The Morgan fingerprint density at radius 1 is 1.06 bits per heavy atom. The van der Waals surface area contributed by atoms with E-state index in [0.29, 0.717) is 23.3 Å². The summed E-state index contributed by atoms with van der Waals surface area (Å²) in [6, 6.07) is 18.4. The molecule has 33 heavy (non-hydrogen) atoms. The number of oxime groups is 1. The first kappa shape index (κ1) is 23.9. The molecule has 2 atom stereocenters. The number of nitrogens with one attached hydrogen (secondary N) is 1. The SMILES string of the molecule is Cc1ccccc1C(C/C(=N\O)c1ccc(=O)n(C)c1)c1ccc(C(=O)NC[C@H](C)O)cc1. The van der Waals surface area contributed by atoms with Crippen LogP contribution in [0.5, 0.6) is 0 Å². The van der Waals surface area contributed by atoms with Gasteiger partial charge < -0.3 is 20.2 Å². The van der Waals surface area contributed by atoms with Gasteiger partial charge in [0.25, 0.3) is 5.91 Å². The first-order valence-corrected chi connectivity index (χ1v) is 10.8. The van der Waals surface area contributed by atoms with Gasteiger partial charge in [0, 0.05) is 49.3 Å². The minimum Gasteiger partial charge on any atom is -0.411 e. The third-order valence-electron chi connectivity index (χ3n) is 5.63. The van der Waals surface area contributed by atoms with Crippen molar-refractivity contribution in [2.45, 2.75) is 32.3 Å². The van der Waals surface area contributed by atoms with E-state index >= 15 is 0 Å². The summed E-state index contributed by atoms with van der Waals surface area (Å²) >= 11 is 0. The molecule has 172 valence electrons. The van der Waals surface area contributed by atoms with Crippen LogP contribution in [0.25, 0.3) is 0 Å². The van der Waals surface area contributed by atoms with Gasteiger partial charge in [-0.1, -0.05) is 41.6 Å². The highest BCUT2D eigenvalue weighted by Gasteiger charge is 2.21. The molecule has 1 unspecified atom stereocenters. The van der Waals surface area contributed by atoms with E-state index in [9.17, 15) is 19.9 Å². The number of hydrogen-bond acceptors (Lipinski definition) is 5. The predicted molar refractivity (Wildman–Crippen MR) is 128 cm³/mol. The quantitative estimate of drug-likeness (QED) is 0.280. The highest BCUT2D eigenvalue weighted by atomic mass is 16.4. The fourth-order valence-corrected chi connectivity index (χ4v) is 3.77. The molecule has 0 saturated heterocycles. The lowest BCUT2D eigenvalue weighted by atomic mass is 9.83. The fraction of sp³-hybridized carbons (Fsp3) is 0.269. The van der Waals surface area contributed by atoms with Crippen molar-refractivity contribution < 1.29 is 15.1 Å². The van der Waals surface area contributed by atoms with Gasteiger partial charge in [-0.15, -0.1) is 0 Å². The van der Waals surface area contributed by atoms with E-state index in [1.165, 1.54) is 10.6 Å². The van der Waals surface area contributed by atoms with Crippen LogP contribution >= 0.6 is 0 Å². The Kier molecular flexibility index (Phi) is 7.79. The van der Waals surface area contributed by atoms with Gasteiger partial charge in [0.15, 0.2) is 0 Å². The number of pyridine rings is 1. The van der Waals surface area contributed by atoms with Crippen LogP contribution in [0.4, 0.5) is 0 Å². The lowest BCUT2D eigenvalue weighted by molar-refractivity contribution is 0.0924. The van der Waals surface area contributed by atoms with Crippen LogP contribution in [-0.2, 0) is 7.05 Å². The highest BCUT2D eigenvalue weighted by molar-refractivity contribution is 6.00. The molecule has 3 aromatic rings. The van der Waals surface area contributed by atoms with Crippen LogP contribution < -0.4 is 10.9 Å². The van der Waals surface area contributed by atoms with E-state index in [1.807, 2.05) is 43.3 Å². The second-order valence-corrected chi connectivity index (χ2v) is 8.21. The first-order chi connectivity index (χ1) is 15.8. The molecular weight excluding hydrogens is 418 g/mol. The summed E-state index contributed by atoms with van der Waals surface area (Å²) < 4.78 is 1.45. The van der Waals surface area contributed by atoms with Crippen molar-refractivity contribution in [1.29, 1.82) is 0 Å². The van der Waals surface area contributed by atoms with Crippen molar-refractivity contribution in [1.82, 2.24) is 9.88 Å². The van der Waals surface area contributed by atoms with E-state index in [2.05, 4.69) is 10.5 Å². The maximum atomic E-state index is 12.3. The Hall–Kier alpha value is -3.71. The lowest BCUT2D eigenvalue weighted by Crippen LogP contribution is -2.30. The second kappa shape index (κ2) is 10.7. The lowest BCUT2D eigenvalue weighted by Gasteiger charge is -2.21. The van der Waals surface area contributed by atoms with E-state index in [-0.39, 0.29) is 23.9 Å². The van der Waals surface area contributed by atoms with Gasteiger partial charge in [0.2, 0.25) is 5.56 Å². The summed E-state index contributed by atoms with van der Waals surface area (Å²) in [5.74, 6) is -0.387. The van der Waals surface area contributed by atoms with Gasteiger partial charge in [-0.2, -0.15) is 0 Å². The molecule has 7 nitrogen and oxygen atoms in total. The van der Waals surface area contributed by atoms with Crippen LogP contribution in [0.1, 0.15) is 51.9 Å². The molecule has 0 fully saturated rings. The summed E-state index contributed by atoms with van der Waals surface area (Å²) in [5.41, 5.74) is 4.61. The van der Waals surface area contributed by atoms with Crippen LogP contribution in [0.2, 0.25) is 0 Å². The van der Waals surface area contributed by atoms with Gasteiger partial charge in [-0.25, -0.2) is 0 Å². The molecule has 0 aliphatic rings. The van der Waals surface area contributed by atoms with E-state index in [4.69, 9.17) is 0 Å². The Bertz CT molecular complexity index is 1200. The van der Waals surface area contributed by atoms with Crippen molar-refractivity contribution >= 4 is 11.6 Å². The molecule has 1 aromatic heterocycles. The minimum absolute atomic E-state index is 0.135. The zero-order valence-electron chi connectivity index (χ0n) is 19.0. The third kappa shape index (κ3) is 5.96. The minimum atomic E-state index is -0.618. The Labute approximate surface area is 193 Å². The number of aliphatic hydroxyl groups is 1. The van der Waals surface area contributed by atoms with Gasteiger partial charge in [-0.05, 0) is 48.7 Å². The number of rotatable bonds is 8. The standard InChI is InChI=1S/C26H29N3O4/c1-17-6-4-5-7-22(17)23(14-24(28-33)21-12-13-25(31)29(3)16-21)19-8-10-20(11-9-19)26(32)27-15-18(2)30/h4-13,16,18,23,30,33H,14-15H2,1-3H3,(H,27,32)/b28-24+/t18-,23?/m0/s1. The van der Waals surface area contributed by atoms with Crippen LogP contribution in [-0.4, -0.2) is 39.1 Å².